The Morgan fingerprint density at radius 3 is 2.90 bits per heavy atom. The van der Waals surface area contributed by atoms with Crippen molar-refractivity contribution >= 4 is 11.9 Å². The van der Waals surface area contributed by atoms with Crippen molar-refractivity contribution in [2.75, 3.05) is 0 Å². The fourth-order valence-electron chi connectivity index (χ4n) is 3.27. The van der Waals surface area contributed by atoms with Crippen LogP contribution in [-0.2, 0) is 14.3 Å². The van der Waals surface area contributed by atoms with E-state index in [1.165, 1.54) is 19.3 Å². The van der Waals surface area contributed by atoms with Gasteiger partial charge in [-0.05, 0) is 32.1 Å². The van der Waals surface area contributed by atoms with Crippen molar-refractivity contribution in [1.29, 1.82) is 0 Å². The fourth-order valence-corrected chi connectivity index (χ4v) is 3.27. The van der Waals surface area contributed by atoms with Gasteiger partial charge in [0.15, 0.2) is 0 Å². The molecule has 118 valence electrons. The topological polar surface area (TPSA) is 55.4 Å². The molecule has 3 atom stereocenters. The van der Waals surface area contributed by atoms with Crippen LogP contribution in [-0.4, -0.2) is 24.0 Å². The number of allylic oxidation sites excluding steroid dienone is 1. The zero-order valence-corrected chi connectivity index (χ0v) is 13.0. The lowest BCUT2D eigenvalue weighted by Crippen LogP contribution is -2.43. The second-order valence-electron chi connectivity index (χ2n) is 6.14. The van der Waals surface area contributed by atoms with E-state index < -0.39 is 6.04 Å². The third-order valence-corrected chi connectivity index (χ3v) is 4.46. The number of carbonyl (C=O) groups is 2. The van der Waals surface area contributed by atoms with Gasteiger partial charge in [-0.25, -0.2) is 4.79 Å². The van der Waals surface area contributed by atoms with Crippen molar-refractivity contribution in [3.8, 4) is 0 Å². The van der Waals surface area contributed by atoms with Crippen LogP contribution in [0.15, 0.2) is 12.2 Å². The fraction of sp³-hybridized carbons (Fsp3) is 0.765. The number of hydrogen-bond acceptors (Lipinski definition) is 3. The summed E-state index contributed by atoms with van der Waals surface area (Å²) in [7, 11) is 0. The van der Waals surface area contributed by atoms with E-state index in [1.54, 1.807) is 0 Å². The van der Waals surface area contributed by atoms with Gasteiger partial charge < -0.3 is 10.1 Å². The minimum absolute atomic E-state index is 0.0288. The number of fused-ring (bicyclic) bond motifs is 1. The average Bonchev–Trinajstić information content (AvgIpc) is 2.79. The third kappa shape index (κ3) is 4.58. The van der Waals surface area contributed by atoms with Crippen LogP contribution < -0.4 is 5.32 Å². The molecular weight excluding hydrogens is 266 g/mol. The molecule has 0 aromatic heterocycles. The summed E-state index contributed by atoms with van der Waals surface area (Å²) in [6, 6.07) is -0.420. The maximum Gasteiger partial charge on any atom is 0.329 e. The molecule has 2 aliphatic rings. The first-order valence-corrected chi connectivity index (χ1v) is 8.37. The van der Waals surface area contributed by atoms with Crippen LogP contribution >= 0.6 is 0 Å². The van der Waals surface area contributed by atoms with E-state index >= 15 is 0 Å². The summed E-state index contributed by atoms with van der Waals surface area (Å²) in [5.74, 6) is -0.133. The number of amides is 1. The molecule has 2 fully saturated rings. The molecule has 4 heteroatoms. The van der Waals surface area contributed by atoms with Gasteiger partial charge in [-0.15, -0.1) is 0 Å². The lowest BCUT2D eigenvalue weighted by atomic mass is 9.83. The Hall–Kier alpha value is -1.32. The molecular formula is C17H27NO3. The Morgan fingerprint density at radius 1 is 1.29 bits per heavy atom. The molecule has 1 aliphatic carbocycles. The Labute approximate surface area is 127 Å². The number of esters is 1. The van der Waals surface area contributed by atoms with Gasteiger partial charge in [0.25, 0.3) is 0 Å². The molecule has 0 spiro atoms. The third-order valence-electron chi connectivity index (χ3n) is 4.46. The number of ether oxygens (including phenoxy) is 1. The van der Waals surface area contributed by atoms with Crippen LogP contribution in [0.3, 0.4) is 0 Å². The molecule has 1 aliphatic heterocycles. The average molecular weight is 293 g/mol. The lowest BCUT2D eigenvalue weighted by Gasteiger charge is -2.25. The van der Waals surface area contributed by atoms with Crippen molar-refractivity contribution < 1.29 is 14.3 Å². The van der Waals surface area contributed by atoms with Crippen molar-refractivity contribution in [3.63, 3.8) is 0 Å². The highest BCUT2D eigenvalue weighted by atomic mass is 16.6. The SMILES string of the molecule is CCCCC/C=C/CC(=O)NC1C(=O)OC2CCCCC21. The minimum Gasteiger partial charge on any atom is -0.460 e. The molecule has 0 aromatic carbocycles. The molecule has 4 nitrogen and oxygen atoms in total. The van der Waals surface area contributed by atoms with E-state index in [-0.39, 0.29) is 23.9 Å². The lowest BCUT2D eigenvalue weighted by molar-refractivity contribution is -0.144. The maximum atomic E-state index is 11.9. The summed E-state index contributed by atoms with van der Waals surface area (Å²) in [4.78, 5) is 23.8. The van der Waals surface area contributed by atoms with Gasteiger partial charge >= 0.3 is 5.97 Å². The monoisotopic (exact) mass is 293 g/mol. The Balaban J connectivity index is 1.73. The largest absolute Gasteiger partial charge is 0.460 e. The molecule has 1 N–H and O–H groups in total. The van der Waals surface area contributed by atoms with E-state index in [2.05, 4.69) is 18.3 Å². The van der Waals surface area contributed by atoms with Gasteiger partial charge in [-0.1, -0.05) is 38.3 Å². The van der Waals surface area contributed by atoms with Gasteiger partial charge in [-0.3, -0.25) is 4.79 Å². The second-order valence-corrected chi connectivity index (χ2v) is 6.14. The highest BCUT2D eigenvalue weighted by Gasteiger charge is 2.45. The predicted molar refractivity (Wildman–Crippen MR) is 81.7 cm³/mol. The smallest absolute Gasteiger partial charge is 0.329 e. The number of nitrogens with one attached hydrogen (secondary N) is 1. The predicted octanol–water partition coefficient (Wildman–Crippen LogP) is 3.11. The van der Waals surface area contributed by atoms with Gasteiger partial charge in [-0.2, -0.15) is 0 Å². The van der Waals surface area contributed by atoms with Crippen LogP contribution in [0.1, 0.15) is 64.7 Å². The van der Waals surface area contributed by atoms with Crippen LogP contribution in [0.5, 0.6) is 0 Å². The Bertz CT molecular complexity index is 391. The summed E-state index contributed by atoms with van der Waals surface area (Å²) >= 11 is 0. The van der Waals surface area contributed by atoms with Gasteiger partial charge in [0.2, 0.25) is 5.91 Å². The van der Waals surface area contributed by atoms with Crippen molar-refractivity contribution in [2.24, 2.45) is 5.92 Å². The zero-order chi connectivity index (χ0) is 15.1. The minimum atomic E-state index is -0.420. The standard InChI is InChI=1S/C17H27NO3/c1-2-3-4-5-6-7-12-15(19)18-16-13-10-8-9-11-14(13)21-17(16)20/h6-7,13-14,16H,2-5,8-12H2,1H3,(H,18,19)/b7-6+. The molecule has 0 radical (unpaired) electrons. The molecule has 0 aromatic rings. The van der Waals surface area contributed by atoms with Crippen molar-refractivity contribution in [3.05, 3.63) is 12.2 Å². The molecule has 3 unspecified atom stereocenters. The maximum absolute atomic E-state index is 11.9. The van der Waals surface area contributed by atoms with Crippen LogP contribution in [0.4, 0.5) is 0 Å². The number of unbranched alkanes of at least 4 members (excludes halogenated alkanes) is 3. The van der Waals surface area contributed by atoms with E-state index in [0.717, 1.165) is 32.1 Å². The van der Waals surface area contributed by atoms with E-state index in [1.807, 2.05) is 6.08 Å². The molecule has 21 heavy (non-hydrogen) atoms. The summed E-state index contributed by atoms with van der Waals surface area (Å²) in [5.41, 5.74) is 0. The summed E-state index contributed by atoms with van der Waals surface area (Å²) in [6.45, 7) is 2.18. The van der Waals surface area contributed by atoms with Crippen molar-refractivity contribution in [1.82, 2.24) is 5.32 Å². The van der Waals surface area contributed by atoms with E-state index in [0.29, 0.717) is 6.42 Å². The van der Waals surface area contributed by atoms with Crippen molar-refractivity contribution in [2.45, 2.75) is 76.9 Å². The van der Waals surface area contributed by atoms with E-state index in [9.17, 15) is 9.59 Å². The highest BCUT2D eigenvalue weighted by molar-refractivity contribution is 5.86. The Morgan fingerprint density at radius 2 is 2.10 bits per heavy atom. The Kier molecular flexibility index (Phi) is 6.27. The van der Waals surface area contributed by atoms with Gasteiger partial charge in [0, 0.05) is 12.3 Å². The normalized spacial score (nSPS) is 28.4. The van der Waals surface area contributed by atoms with Gasteiger partial charge in [0.05, 0.1) is 0 Å². The van der Waals surface area contributed by atoms with Crippen LogP contribution in [0.2, 0.25) is 0 Å². The first-order valence-electron chi connectivity index (χ1n) is 8.37. The van der Waals surface area contributed by atoms with Crippen LogP contribution in [0, 0.1) is 5.92 Å². The summed E-state index contributed by atoms with van der Waals surface area (Å²) < 4.78 is 5.38. The summed E-state index contributed by atoms with van der Waals surface area (Å²) in [5, 5.41) is 2.87. The number of hydrogen-bond donors (Lipinski definition) is 1. The quantitative estimate of drug-likeness (QED) is 0.446. The number of rotatable bonds is 7. The van der Waals surface area contributed by atoms with Gasteiger partial charge in [0.1, 0.15) is 12.1 Å². The molecule has 1 heterocycles. The highest BCUT2D eigenvalue weighted by Crippen LogP contribution is 2.35. The molecule has 1 amide bonds. The first kappa shape index (κ1) is 16.1. The molecule has 0 bridgehead atoms. The first-order chi connectivity index (χ1) is 10.2. The van der Waals surface area contributed by atoms with Crippen LogP contribution in [0.25, 0.3) is 0 Å². The molecule has 2 rings (SSSR count). The zero-order valence-electron chi connectivity index (χ0n) is 13.0. The number of carbonyl (C=O) groups excluding carboxylic acids is 2. The molecule has 1 saturated carbocycles. The van der Waals surface area contributed by atoms with E-state index in [4.69, 9.17) is 4.74 Å². The molecule has 1 saturated heterocycles. The summed E-state index contributed by atoms with van der Waals surface area (Å²) in [6.07, 6.45) is 13.2. The second kappa shape index (κ2) is 8.20.